The molecular weight excluding hydrogens is 268 g/mol. The van der Waals surface area contributed by atoms with Crippen molar-refractivity contribution >= 4 is 22.5 Å². The summed E-state index contributed by atoms with van der Waals surface area (Å²) < 4.78 is 0. The summed E-state index contributed by atoms with van der Waals surface area (Å²) in [4.78, 5) is 3.31. The van der Waals surface area contributed by atoms with Crippen LogP contribution in [0.15, 0.2) is 24.4 Å². The molecule has 0 aliphatic heterocycles. The molecule has 0 saturated heterocycles. The molecule has 2 aromatic rings. The van der Waals surface area contributed by atoms with Crippen LogP contribution in [0.3, 0.4) is 0 Å². The number of nitrogens with one attached hydrogen (secondary N) is 2. The van der Waals surface area contributed by atoms with Gasteiger partial charge in [-0.15, -0.1) is 0 Å². The van der Waals surface area contributed by atoms with E-state index in [0.717, 1.165) is 28.9 Å². The minimum atomic E-state index is 0.665. The van der Waals surface area contributed by atoms with E-state index in [0.29, 0.717) is 6.04 Å². The van der Waals surface area contributed by atoms with Crippen molar-refractivity contribution in [2.75, 3.05) is 0 Å². The average molecular weight is 291 g/mol. The highest BCUT2D eigenvalue weighted by Gasteiger charge is 2.24. The Labute approximate surface area is 125 Å². The molecule has 0 spiro atoms. The van der Waals surface area contributed by atoms with Crippen molar-refractivity contribution in [1.82, 2.24) is 10.3 Å². The Balaban J connectivity index is 1.65. The van der Waals surface area contributed by atoms with Gasteiger partial charge in [0.05, 0.1) is 0 Å². The van der Waals surface area contributed by atoms with Crippen LogP contribution in [0.2, 0.25) is 5.02 Å². The van der Waals surface area contributed by atoms with E-state index in [1.54, 1.807) is 0 Å². The lowest BCUT2D eigenvalue weighted by molar-refractivity contribution is 0.225. The van der Waals surface area contributed by atoms with Crippen LogP contribution in [0, 0.1) is 11.8 Å². The normalized spacial score (nSPS) is 27.1. The number of benzene rings is 1. The molecule has 0 amide bonds. The Morgan fingerprint density at radius 3 is 2.90 bits per heavy atom. The van der Waals surface area contributed by atoms with E-state index in [1.807, 2.05) is 12.1 Å². The molecule has 108 valence electrons. The van der Waals surface area contributed by atoms with Crippen molar-refractivity contribution in [1.29, 1.82) is 0 Å². The number of hydrogen-bond donors (Lipinski definition) is 2. The van der Waals surface area contributed by atoms with E-state index in [9.17, 15) is 0 Å². The highest BCUT2D eigenvalue weighted by molar-refractivity contribution is 6.31. The topological polar surface area (TPSA) is 27.8 Å². The van der Waals surface area contributed by atoms with Crippen molar-refractivity contribution in [3.05, 3.63) is 35.0 Å². The predicted octanol–water partition coefficient (Wildman–Crippen LogP) is 4.74. The number of halogens is 1. The van der Waals surface area contributed by atoms with E-state index < -0.39 is 0 Å². The lowest BCUT2D eigenvalue weighted by Crippen LogP contribution is -2.35. The summed E-state index contributed by atoms with van der Waals surface area (Å²) in [6.07, 6.45) is 6.06. The van der Waals surface area contributed by atoms with Gasteiger partial charge >= 0.3 is 0 Å². The quantitative estimate of drug-likeness (QED) is 0.840. The SMILES string of the molecule is CC1CCC(NCc2c[nH]c3cc(Cl)ccc23)CC1C. The van der Waals surface area contributed by atoms with Crippen LogP contribution in [-0.4, -0.2) is 11.0 Å². The number of fused-ring (bicyclic) bond motifs is 1. The molecule has 0 bridgehead atoms. The molecule has 20 heavy (non-hydrogen) atoms. The molecule has 3 heteroatoms. The van der Waals surface area contributed by atoms with Crippen molar-refractivity contribution in [2.45, 2.75) is 45.7 Å². The van der Waals surface area contributed by atoms with Crippen LogP contribution >= 0.6 is 11.6 Å². The maximum absolute atomic E-state index is 6.02. The van der Waals surface area contributed by atoms with Crippen LogP contribution < -0.4 is 5.32 Å². The summed E-state index contributed by atoms with van der Waals surface area (Å²) in [5, 5.41) is 5.79. The van der Waals surface area contributed by atoms with Gasteiger partial charge in [-0.25, -0.2) is 0 Å². The molecular formula is C17H23ClN2. The van der Waals surface area contributed by atoms with Gasteiger partial charge in [0.15, 0.2) is 0 Å². The Bertz CT molecular complexity index is 590. The molecule has 1 heterocycles. The van der Waals surface area contributed by atoms with Crippen molar-refractivity contribution in [3.8, 4) is 0 Å². The number of aromatic nitrogens is 1. The summed E-state index contributed by atoms with van der Waals surface area (Å²) in [5.41, 5.74) is 2.46. The Morgan fingerprint density at radius 2 is 2.10 bits per heavy atom. The average Bonchev–Trinajstić information content (AvgIpc) is 2.82. The van der Waals surface area contributed by atoms with E-state index in [2.05, 4.69) is 36.4 Å². The molecule has 1 fully saturated rings. The first-order valence-electron chi connectivity index (χ1n) is 7.62. The van der Waals surface area contributed by atoms with Crippen molar-refractivity contribution in [3.63, 3.8) is 0 Å². The smallest absolute Gasteiger partial charge is 0.0472 e. The molecule has 1 aromatic carbocycles. The van der Waals surface area contributed by atoms with Crippen LogP contribution in [-0.2, 0) is 6.54 Å². The largest absolute Gasteiger partial charge is 0.361 e. The Hall–Kier alpha value is -0.990. The maximum Gasteiger partial charge on any atom is 0.0472 e. The van der Waals surface area contributed by atoms with Crippen molar-refractivity contribution < 1.29 is 0 Å². The highest BCUT2D eigenvalue weighted by Crippen LogP contribution is 2.29. The van der Waals surface area contributed by atoms with Gasteiger partial charge in [-0.1, -0.05) is 31.5 Å². The first-order chi connectivity index (χ1) is 9.63. The molecule has 3 rings (SSSR count). The second kappa shape index (κ2) is 5.79. The summed E-state index contributed by atoms with van der Waals surface area (Å²) in [5.74, 6) is 1.71. The Kier molecular flexibility index (Phi) is 4.04. The number of rotatable bonds is 3. The van der Waals surface area contributed by atoms with Gasteiger partial charge in [-0.2, -0.15) is 0 Å². The summed E-state index contributed by atoms with van der Waals surface area (Å²) in [6, 6.07) is 6.73. The zero-order chi connectivity index (χ0) is 14.1. The van der Waals surface area contributed by atoms with E-state index in [-0.39, 0.29) is 0 Å². The maximum atomic E-state index is 6.02. The van der Waals surface area contributed by atoms with E-state index >= 15 is 0 Å². The number of aromatic amines is 1. The molecule has 1 aliphatic rings. The Morgan fingerprint density at radius 1 is 1.25 bits per heavy atom. The van der Waals surface area contributed by atoms with Gasteiger partial charge in [0.1, 0.15) is 0 Å². The second-order valence-corrected chi connectivity index (χ2v) is 6.79. The van der Waals surface area contributed by atoms with Gasteiger partial charge in [0, 0.05) is 34.7 Å². The molecule has 3 unspecified atom stereocenters. The second-order valence-electron chi connectivity index (χ2n) is 6.35. The first-order valence-corrected chi connectivity index (χ1v) is 8.00. The first kappa shape index (κ1) is 14.0. The van der Waals surface area contributed by atoms with Gasteiger partial charge in [-0.05, 0) is 48.8 Å². The van der Waals surface area contributed by atoms with Crippen molar-refractivity contribution in [2.24, 2.45) is 11.8 Å². The van der Waals surface area contributed by atoms with Gasteiger partial charge in [0.2, 0.25) is 0 Å². The standard InChI is InChI=1S/C17H23ClN2/c1-11-3-5-15(7-12(11)2)19-9-13-10-20-17-8-14(18)4-6-16(13)17/h4,6,8,10-12,15,19-20H,3,5,7,9H2,1-2H3. The molecule has 2 N–H and O–H groups in total. The minimum absolute atomic E-state index is 0.665. The third-order valence-electron chi connectivity index (χ3n) is 4.91. The monoisotopic (exact) mass is 290 g/mol. The third kappa shape index (κ3) is 2.87. The number of H-pyrrole nitrogens is 1. The van der Waals surface area contributed by atoms with E-state index in [1.165, 1.54) is 30.2 Å². The fourth-order valence-corrected chi connectivity index (χ4v) is 3.46. The van der Waals surface area contributed by atoms with Gasteiger partial charge in [-0.3, -0.25) is 0 Å². The fourth-order valence-electron chi connectivity index (χ4n) is 3.29. The van der Waals surface area contributed by atoms with Gasteiger partial charge < -0.3 is 10.3 Å². The molecule has 0 radical (unpaired) electrons. The van der Waals surface area contributed by atoms with Crippen LogP contribution in [0.1, 0.15) is 38.7 Å². The lowest BCUT2D eigenvalue weighted by atomic mass is 9.79. The third-order valence-corrected chi connectivity index (χ3v) is 5.14. The van der Waals surface area contributed by atoms with Gasteiger partial charge in [0.25, 0.3) is 0 Å². The molecule has 3 atom stereocenters. The molecule has 1 aliphatic carbocycles. The molecule has 1 aromatic heterocycles. The summed E-state index contributed by atoms with van der Waals surface area (Å²) in [7, 11) is 0. The lowest BCUT2D eigenvalue weighted by Gasteiger charge is -2.32. The minimum Gasteiger partial charge on any atom is -0.361 e. The van der Waals surface area contributed by atoms with Crippen LogP contribution in [0.4, 0.5) is 0 Å². The molecule has 1 saturated carbocycles. The van der Waals surface area contributed by atoms with E-state index in [4.69, 9.17) is 11.6 Å². The zero-order valence-electron chi connectivity index (χ0n) is 12.2. The highest BCUT2D eigenvalue weighted by atomic mass is 35.5. The number of hydrogen-bond acceptors (Lipinski definition) is 1. The summed E-state index contributed by atoms with van der Waals surface area (Å²) in [6.45, 7) is 5.70. The van der Waals surface area contributed by atoms with Crippen LogP contribution in [0.5, 0.6) is 0 Å². The van der Waals surface area contributed by atoms with Crippen LogP contribution in [0.25, 0.3) is 10.9 Å². The summed E-state index contributed by atoms with van der Waals surface area (Å²) >= 11 is 6.02. The predicted molar refractivity (Wildman–Crippen MR) is 86.1 cm³/mol. The fraction of sp³-hybridized carbons (Fsp3) is 0.529. The zero-order valence-corrected chi connectivity index (χ0v) is 13.0. The molecule has 2 nitrogen and oxygen atoms in total.